The molecule has 1 saturated heterocycles. The summed E-state index contributed by atoms with van der Waals surface area (Å²) in [5, 5.41) is 0. The van der Waals surface area contributed by atoms with Gasteiger partial charge < -0.3 is 23.7 Å². The van der Waals surface area contributed by atoms with Crippen molar-refractivity contribution in [3.63, 3.8) is 0 Å². The van der Waals surface area contributed by atoms with Gasteiger partial charge in [0.2, 0.25) is 0 Å². The molecule has 1 aliphatic rings. The van der Waals surface area contributed by atoms with Gasteiger partial charge in [0.25, 0.3) is 0 Å². The molecule has 0 unspecified atom stereocenters. The SMILES string of the molecule is Cc1ccc(OCc2nc3ccc(Oc4ccccc4N4CCOCC4)cc3n2C)cc1. The highest BCUT2D eigenvalue weighted by molar-refractivity contribution is 5.78. The summed E-state index contributed by atoms with van der Waals surface area (Å²) in [6.45, 7) is 5.68. The van der Waals surface area contributed by atoms with Crippen molar-refractivity contribution >= 4 is 16.7 Å². The molecule has 2 heterocycles. The Labute approximate surface area is 188 Å². The van der Waals surface area contributed by atoms with Gasteiger partial charge in [0, 0.05) is 26.2 Å². The molecule has 0 bridgehead atoms. The van der Waals surface area contributed by atoms with E-state index in [1.54, 1.807) is 0 Å². The van der Waals surface area contributed by atoms with Crippen LogP contribution in [0.5, 0.6) is 17.2 Å². The zero-order chi connectivity index (χ0) is 21.9. The van der Waals surface area contributed by atoms with Crippen molar-refractivity contribution < 1.29 is 14.2 Å². The van der Waals surface area contributed by atoms with Crippen LogP contribution < -0.4 is 14.4 Å². The number of benzene rings is 3. The normalized spacial score (nSPS) is 14.0. The molecular weight excluding hydrogens is 402 g/mol. The minimum atomic E-state index is 0.407. The number of aromatic nitrogens is 2. The Morgan fingerprint density at radius 2 is 1.69 bits per heavy atom. The first-order valence-electron chi connectivity index (χ1n) is 10.9. The highest BCUT2D eigenvalue weighted by Crippen LogP contribution is 2.34. The van der Waals surface area contributed by atoms with Gasteiger partial charge in [0.05, 0.1) is 29.9 Å². The van der Waals surface area contributed by atoms with Crippen LogP contribution in [0.4, 0.5) is 5.69 Å². The lowest BCUT2D eigenvalue weighted by molar-refractivity contribution is 0.122. The number of hydrogen-bond donors (Lipinski definition) is 0. The second kappa shape index (κ2) is 8.93. The molecule has 0 saturated carbocycles. The van der Waals surface area contributed by atoms with Crippen LogP contribution in [-0.4, -0.2) is 35.9 Å². The van der Waals surface area contributed by atoms with Crippen molar-refractivity contribution in [3.05, 3.63) is 78.1 Å². The first-order valence-corrected chi connectivity index (χ1v) is 10.9. The monoisotopic (exact) mass is 429 g/mol. The minimum absolute atomic E-state index is 0.407. The van der Waals surface area contributed by atoms with Gasteiger partial charge in [0.15, 0.2) is 5.75 Å². The molecule has 4 aromatic rings. The van der Waals surface area contributed by atoms with Crippen LogP contribution in [0.15, 0.2) is 66.7 Å². The smallest absolute Gasteiger partial charge is 0.150 e. The Morgan fingerprint density at radius 1 is 0.938 bits per heavy atom. The summed E-state index contributed by atoms with van der Waals surface area (Å²) >= 11 is 0. The minimum Gasteiger partial charge on any atom is -0.486 e. The Kier molecular flexibility index (Phi) is 5.69. The highest BCUT2D eigenvalue weighted by atomic mass is 16.5. The topological polar surface area (TPSA) is 48.8 Å². The van der Waals surface area contributed by atoms with Crippen LogP contribution in [0.25, 0.3) is 11.0 Å². The zero-order valence-corrected chi connectivity index (χ0v) is 18.5. The van der Waals surface area contributed by atoms with E-state index in [0.717, 1.165) is 66.1 Å². The molecule has 6 heteroatoms. The number of nitrogens with zero attached hydrogens (tertiary/aromatic N) is 3. The highest BCUT2D eigenvalue weighted by Gasteiger charge is 2.16. The summed E-state index contributed by atoms with van der Waals surface area (Å²) in [5.74, 6) is 3.34. The van der Waals surface area contributed by atoms with Crippen molar-refractivity contribution in [2.45, 2.75) is 13.5 Å². The van der Waals surface area contributed by atoms with E-state index in [1.807, 2.05) is 67.7 Å². The molecule has 164 valence electrons. The molecule has 1 fully saturated rings. The van der Waals surface area contributed by atoms with Crippen LogP contribution in [0, 0.1) is 6.92 Å². The molecule has 32 heavy (non-hydrogen) atoms. The largest absolute Gasteiger partial charge is 0.486 e. The maximum absolute atomic E-state index is 6.32. The average Bonchev–Trinajstić information content (AvgIpc) is 3.15. The third-order valence-corrected chi connectivity index (χ3v) is 5.78. The molecule has 0 spiro atoms. The number of morpholine rings is 1. The Morgan fingerprint density at radius 3 is 2.50 bits per heavy atom. The van der Waals surface area contributed by atoms with E-state index in [4.69, 9.17) is 19.2 Å². The molecule has 0 amide bonds. The molecule has 0 aliphatic carbocycles. The van der Waals surface area contributed by atoms with Gasteiger partial charge in [-0.2, -0.15) is 0 Å². The zero-order valence-electron chi connectivity index (χ0n) is 18.5. The average molecular weight is 430 g/mol. The molecule has 0 radical (unpaired) electrons. The first-order chi connectivity index (χ1) is 15.7. The van der Waals surface area contributed by atoms with Gasteiger partial charge in [-0.3, -0.25) is 0 Å². The van der Waals surface area contributed by atoms with Crippen LogP contribution in [0.3, 0.4) is 0 Å². The number of rotatable bonds is 6. The maximum atomic E-state index is 6.32. The summed E-state index contributed by atoms with van der Waals surface area (Å²) in [4.78, 5) is 7.05. The number of para-hydroxylation sites is 2. The molecule has 1 aromatic heterocycles. The fourth-order valence-electron chi connectivity index (χ4n) is 3.93. The van der Waals surface area contributed by atoms with Crippen LogP contribution in [0.1, 0.15) is 11.4 Å². The second-order valence-electron chi connectivity index (χ2n) is 8.01. The summed E-state index contributed by atoms with van der Waals surface area (Å²) in [6, 6.07) is 22.2. The van der Waals surface area contributed by atoms with Gasteiger partial charge in [0.1, 0.15) is 23.9 Å². The number of hydrogen-bond acceptors (Lipinski definition) is 5. The summed E-state index contributed by atoms with van der Waals surface area (Å²) in [7, 11) is 2.01. The molecule has 0 atom stereocenters. The Hall–Kier alpha value is -3.51. The van der Waals surface area contributed by atoms with Gasteiger partial charge >= 0.3 is 0 Å². The van der Waals surface area contributed by atoms with Crippen molar-refractivity contribution in [1.82, 2.24) is 9.55 Å². The number of aryl methyl sites for hydroxylation is 2. The lowest BCUT2D eigenvalue weighted by atomic mass is 10.2. The van der Waals surface area contributed by atoms with E-state index < -0.39 is 0 Å². The van der Waals surface area contributed by atoms with E-state index in [9.17, 15) is 0 Å². The Bertz CT molecular complexity index is 1210. The lowest BCUT2D eigenvalue weighted by Crippen LogP contribution is -2.36. The maximum Gasteiger partial charge on any atom is 0.150 e. The number of imidazole rings is 1. The standard InChI is InChI=1S/C26H27N3O3/c1-19-7-9-20(10-8-19)31-18-26-27-22-12-11-21(17-24(22)28(26)2)32-25-6-4-3-5-23(25)29-13-15-30-16-14-29/h3-12,17H,13-16,18H2,1-2H3. The lowest BCUT2D eigenvalue weighted by Gasteiger charge is -2.30. The summed E-state index contributed by atoms with van der Waals surface area (Å²) in [5.41, 5.74) is 4.23. The predicted molar refractivity (Wildman–Crippen MR) is 126 cm³/mol. The quantitative estimate of drug-likeness (QED) is 0.427. The van der Waals surface area contributed by atoms with E-state index >= 15 is 0 Å². The summed E-state index contributed by atoms with van der Waals surface area (Å²) in [6.07, 6.45) is 0. The van der Waals surface area contributed by atoms with Crippen molar-refractivity contribution in [2.75, 3.05) is 31.2 Å². The second-order valence-corrected chi connectivity index (χ2v) is 8.01. The van der Waals surface area contributed by atoms with E-state index in [1.165, 1.54) is 5.56 Å². The van der Waals surface area contributed by atoms with Crippen LogP contribution in [0.2, 0.25) is 0 Å². The Balaban J connectivity index is 1.36. The van der Waals surface area contributed by atoms with Crippen LogP contribution in [-0.2, 0) is 18.4 Å². The predicted octanol–water partition coefficient (Wildman–Crippen LogP) is 5.09. The number of fused-ring (bicyclic) bond motifs is 1. The molecule has 5 rings (SSSR count). The van der Waals surface area contributed by atoms with Gasteiger partial charge in [-0.15, -0.1) is 0 Å². The van der Waals surface area contributed by atoms with Crippen LogP contribution >= 0.6 is 0 Å². The molecule has 0 N–H and O–H groups in total. The van der Waals surface area contributed by atoms with Gasteiger partial charge in [-0.25, -0.2) is 4.98 Å². The van der Waals surface area contributed by atoms with E-state index in [2.05, 4.69) is 22.5 Å². The molecule has 1 aliphatic heterocycles. The van der Waals surface area contributed by atoms with Crippen molar-refractivity contribution in [2.24, 2.45) is 7.05 Å². The van der Waals surface area contributed by atoms with Crippen molar-refractivity contribution in [3.8, 4) is 17.2 Å². The third kappa shape index (κ3) is 4.27. The third-order valence-electron chi connectivity index (χ3n) is 5.78. The number of ether oxygens (including phenoxy) is 3. The van der Waals surface area contributed by atoms with E-state index in [-0.39, 0.29) is 0 Å². The first kappa shape index (κ1) is 20.4. The van der Waals surface area contributed by atoms with Gasteiger partial charge in [-0.05, 0) is 43.3 Å². The fraction of sp³-hybridized carbons (Fsp3) is 0.269. The summed E-state index contributed by atoms with van der Waals surface area (Å²) < 4.78 is 19.8. The fourth-order valence-corrected chi connectivity index (χ4v) is 3.93. The van der Waals surface area contributed by atoms with E-state index in [0.29, 0.717) is 6.61 Å². The van der Waals surface area contributed by atoms with Gasteiger partial charge in [-0.1, -0.05) is 29.8 Å². The van der Waals surface area contributed by atoms with Crippen molar-refractivity contribution in [1.29, 1.82) is 0 Å². The number of anilines is 1. The molecule has 3 aromatic carbocycles. The molecule has 6 nitrogen and oxygen atoms in total. The molecular formula is C26H27N3O3.